The Morgan fingerprint density at radius 2 is 1.08 bits per heavy atom. The third kappa shape index (κ3) is 4.89. The molecule has 2 aromatic carbocycles. The number of hydrogen-bond acceptors (Lipinski definition) is 7. The summed E-state index contributed by atoms with van der Waals surface area (Å²) in [4.78, 5) is 22.1. The standard InChI is InChI=1S/C11H14O2.C8H8O5/c1-7-5-10(11(12)13-4)6-8(2)9(7)3;1-13-8(12)4-2-5(9)7(11)6(10)3-4/h5-6H,1-4H3;2-3,9-11H,1H3. The Labute approximate surface area is 151 Å². The number of rotatable bonds is 2. The predicted molar refractivity (Wildman–Crippen MR) is 94.8 cm³/mol. The molecule has 0 heterocycles. The summed E-state index contributed by atoms with van der Waals surface area (Å²) in [5.41, 5.74) is 4.08. The van der Waals surface area contributed by atoms with Crippen LogP contribution in [0.15, 0.2) is 24.3 Å². The number of ether oxygens (including phenoxy) is 2. The zero-order valence-electron chi connectivity index (χ0n) is 15.3. The first-order chi connectivity index (χ1) is 12.1. The van der Waals surface area contributed by atoms with Crippen LogP contribution < -0.4 is 0 Å². The van der Waals surface area contributed by atoms with Crippen molar-refractivity contribution in [1.29, 1.82) is 0 Å². The van der Waals surface area contributed by atoms with E-state index in [0.717, 1.165) is 23.3 Å². The third-order valence-electron chi connectivity index (χ3n) is 3.84. The minimum absolute atomic E-state index is 0.0321. The van der Waals surface area contributed by atoms with Crippen molar-refractivity contribution in [2.45, 2.75) is 20.8 Å². The second kappa shape index (κ2) is 8.75. The third-order valence-corrected chi connectivity index (χ3v) is 3.84. The first-order valence-electron chi connectivity index (χ1n) is 7.61. The molecule has 0 bridgehead atoms. The van der Waals surface area contributed by atoms with E-state index in [9.17, 15) is 9.59 Å². The van der Waals surface area contributed by atoms with E-state index in [-0.39, 0.29) is 11.5 Å². The highest BCUT2D eigenvalue weighted by molar-refractivity contribution is 5.91. The number of carbonyl (C=O) groups excluding carboxylic acids is 2. The highest BCUT2D eigenvalue weighted by Gasteiger charge is 2.13. The zero-order valence-corrected chi connectivity index (χ0v) is 15.3. The van der Waals surface area contributed by atoms with Gasteiger partial charge in [0.05, 0.1) is 25.3 Å². The molecule has 2 rings (SSSR count). The molecule has 0 aliphatic heterocycles. The summed E-state index contributed by atoms with van der Waals surface area (Å²) in [6.45, 7) is 6.04. The maximum atomic E-state index is 11.2. The minimum Gasteiger partial charge on any atom is -0.504 e. The van der Waals surface area contributed by atoms with E-state index in [1.807, 2.05) is 32.9 Å². The molecule has 0 aliphatic rings. The van der Waals surface area contributed by atoms with Crippen LogP contribution >= 0.6 is 0 Å². The summed E-state index contributed by atoms with van der Waals surface area (Å²) < 4.78 is 8.99. The van der Waals surface area contributed by atoms with E-state index in [2.05, 4.69) is 9.47 Å². The Bertz CT molecular complexity index is 709. The van der Waals surface area contributed by atoms with Gasteiger partial charge in [0.2, 0.25) is 0 Å². The highest BCUT2D eigenvalue weighted by atomic mass is 16.5. The van der Waals surface area contributed by atoms with Gasteiger partial charge in [-0.15, -0.1) is 0 Å². The fourth-order valence-electron chi connectivity index (χ4n) is 2.11. The molecule has 2 aromatic rings. The van der Waals surface area contributed by atoms with Crippen molar-refractivity contribution in [3.63, 3.8) is 0 Å². The van der Waals surface area contributed by atoms with E-state index < -0.39 is 23.2 Å². The fourth-order valence-corrected chi connectivity index (χ4v) is 2.11. The van der Waals surface area contributed by atoms with E-state index >= 15 is 0 Å². The van der Waals surface area contributed by atoms with E-state index in [4.69, 9.17) is 15.3 Å². The lowest BCUT2D eigenvalue weighted by Gasteiger charge is -2.07. The van der Waals surface area contributed by atoms with Gasteiger partial charge in [-0.3, -0.25) is 0 Å². The number of hydrogen-bond donors (Lipinski definition) is 3. The van der Waals surface area contributed by atoms with Crippen LogP contribution in [0.3, 0.4) is 0 Å². The van der Waals surface area contributed by atoms with Crippen molar-refractivity contribution in [1.82, 2.24) is 0 Å². The van der Waals surface area contributed by atoms with Crippen molar-refractivity contribution < 1.29 is 34.4 Å². The van der Waals surface area contributed by atoms with Crippen LogP contribution in [0, 0.1) is 20.8 Å². The van der Waals surface area contributed by atoms with Gasteiger partial charge < -0.3 is 24.8 Å². The molecule has 0 atom stereocenters. The number of phenols is 3. The van der Waals surface area contributed by atoms with Crippen LogP contribution in [-0.2, 0) is 9.47 Å². The molecule has 0 spiro atoms. The number of aryl methyl sites for hydroxylation is 2. The van der Waals surface area contributed by atoms with E-state index in [1.165, 1.54) is 19.8 Å². The lowest BCUT2D eigenvalue weighted by Crippen LogP contribution is -2.03. The number of carbonyl (C=O) groups is 2. The van der Waals surface area contributed by atoms with Gasteiger partial charge >= 0.3 is 11.9 Å². The first kappa shape index (κ1) is 20.8. The lowest BCUT2D eigenvalue weighted by atomic mass is 10.0. The van der Waals surface area contributed by atoms with Crippen LogP contribution in [0.5, 0.6) is 17.2 Å². The summed E-state index contributed by atoms with van der Waals surface area (Å²) in [5, 5.41) is 26.9. The highest BCUT2D eigenvalue weighted by Crippen LogP contribution is 2.35. The van der Waals surface area contributed by atoms with Gasteiger partial charge in [0.15, 0.2) is 17.2 Å². The Morgan fingerprint density at radius 1 is 0.731 bits per heavy atom. The topological polar surface area (TPSA) is 113 Å². The van der Waals surface area contributed by atoms with Gasteiger partial charge in [-0.25, -0.2) is 9.59 Å². The molecule has 0 fully saturated rings. The SMILES string of the molecule is COC(=O)c1cc(C)c(C)c(C)c1.COC(=O)c1cc(O)c(O)c(O)c1. The number of esters is 2. The van der Waals surface area contributed by atoms with Gasteiger partial charge in [0, 0.05) is 0 Å². The van der Waals surface area contributed by atoms with E-state index in [1.54, 1.807) is 0 Å². The zero-order chi connectivity index (χ0) is 20.0. The van der Waals surface area contributed by atoms with Crippen LogP contribution in [-0.4, -0.2) is 41.5 Å². The number of methoxy groups -OCH3 is 2. The molecular formula is C19H22O7. The molecule has 140 valence electrons. The van der Waals surface area contributed by atoms with Crippen molar-refractivity contribution in [2.75, 3.05) is 14.2 Å². The molecule has 0 unspecified atom stereocenters. The van der Waals surface area contributed by atoms with Crippen molar-refractivity contribution in [3.05, 3.63) is 52.1 Å². The molecule has 26 heavy (non-hydrogen) atoms. The summed E-state index contributed by atoms with van der Waals surface area (Å²) in [6.07, 6.45) is 0. The minimum atomic E-state index is -0.703. The molecule has 0 radical (unpaired) electrons. The Kier molecular flexibility index (Phi) is 7.01. The van der Waals surface area contributed by atoms with Crippen molar-refractivity contribution >= 4 is 11.9 Å². The van der Waals surface area contributed by atoms with Crippen molar-refractivity contribution in [2.24, 2.45) is 0 Å². The summed E-state index contributed by atoms with van der Waals surface area (Å²) in [6, 6.07) is 5.71. The van der Waals surface area contributed by atoms with Gasteiger partial charge in [-0.2, -0.15) is 0 Å². The van der Waals surface area contributed by atoms with Gasteiger partial charge in [-0.1, -0.05) is 0 Å². The molecular weight excluding hydrogens is 340 g/mol. The number of aromatic hydroxyl groups is 3. The van der Waals surface area contributed by atoms with Crippen molar-refractivity contribution in [3.8, 4) is 17.2 Å². The largest absolute Gasteiger partial charge is 0.504 e. The molecule has 0 saturated carbocycles. The summed E-state index contributed by atoms with van der Waals surface area (Å²) >= 11 is 0. The second-order valence-electron chi connectivity index (χ2n) is 5.58. The Morgan fingerprint density at radius 3 is 1.42 bits per heavy atom. The van der Waals surface area contributed by atoms with Crippen LogP contribution in [0.25, 0.3) is 0 Å². The van der Waals surface area contributed by atoms with Gasteiger partial charge in [-0.05, 0) is 61.7 Å². The molecule has 0 amide bonds. The number of benzene rings is 2. The summed E-state index contributed by atoms with van der Waals surface area (Å²) in [7, 11) is 2.57. The Hall–Kier alpha value is -3.22. The predicted octanol–water partition coefficient (Wildman–Crippen LogP) is 2.99. The van der Waals surface area contributed by atoms with Gasteiger partial charge in [0.1, 0.15) is 0 Å². The maximum absolute atomic E-state index is 11.2. The molecule has 0 aliphatic carbocycles. The Balaban J connectivity index is 0.000000260. The average molecular weight is 362 g/mol. The fraction of sp³-hybridized carbons (Fsp3) is 0.263. The lowest BCUT2D eigenvalue weighted by molar-refractivity contribution is 0.0591. The second-order valence-corrected chi connectivity index (χ2v) is 5.58. The van der Waals surface area contributed by atoms with Crippen LogP contribution in [0.4, 0.5) is 0 Å². The average Bonchev–Trinajstić information content (AvgIpc) is 2.62. The molecule has 0 saturated heterocycles. The van der Waals surface area contributed by atoms with Crippen LogP contribution in [0.1, 0.15) is 37.4 Å². The quantitative estimate of drug-likeness (QED) is 0.556. The monoisotopic (exact) mass is 362 g/mol. The molecule has 7 heteroatoms. The number of phenolic OH excluding ortho intramolecular Hbond substituents is 3. The van der Waals surface area contributed by atoms with Crippen LogP contribution in [0.2, 0.25) is 0 Å². The molecule has 3 N–H and O–H groups in total. The molecule has 0 aromatic heterocycles. The smallest absolute Gasteiger partial charge is 0.338 e. The maximum Gasteiger partial charge on any atom is 0.338 e. The van der Waals surface area contributed by atoms with E-state index in [0.29, 0.717) is 5.56 Å². The first-order valence-corrected chi connectivity index (χ1v) is 7.61. The van der Waals surface area contributed by atoms with Gasteiger partial charge in [0.25, 0.3) is 0 Å². The normalized spacial score (nSPS) is 9.73. The molecule has 7 nitrogen and oxygen atoms in total. The summed E-state index contributed by atoms with van der Waals surface area (Å²) in [5.74, 6) is -2.77.